The Hall–Kier alpha value is -4.84. The molecule has 0 unspecified atom stereocenters. The summed E-state index contributed by atoms with van der Waals surface area (Å²) in [6.07, 6.45) is 0. The van der Waals surface area contributed by atoms with E-state index in [0.29, 0.717) is 22.4 Å². The van der Waals surface area contributed by atoms with E-state index < -0.39 is 0 Å². The molecule has 0 saturated heterocycles. The average molecular weight is 490 g/mol. The maximum atomic E-state index is 11.3. The number of benzene rings is 4. The lowest BCUT2D eigenvalue weighted by atomic mass is 10.0. The molecule has 5 rings (SSSR count). The van der Waals surface area contributed by atoms with E-state index in [4.69, 9.17) is 0 Å². The van der Waals surface area contributed by atoms with Gasteiger partial charge in [-0.25, -0.2) is 0 Å². The van der Waals surface area contributed by atoms with Crippen molar-refractivity contribution in [3.63, 3.8) is 0 Å². The third kappa shape index (κ3) is 4.45. The number of fused-ring (bicyclic) bond motifs is 1. The van der Waals surface area contributed by atoms with Crippen LogP contribution in [0.4, 0.5) is 11.4 Å². The van der Waals surface area contributed by atoms with Gasteiger partial charge in [0.05, 0.1) is 5.52 Å². The van der Waals surface area contributed by atoms with Gasteiger partial charge in [-0.05, 0) is 73.4 Å². The van der Waals surface area contributed by atoms with Gasteiger partial charge in [0, 0.05) is 22.2 Å². The lowest BCUT2D eigenvalue weighted by Gasteiger charge is -2.10. The van der Waals surface area contributed by atoms with Gasteiger partial charge in [0.25, 0.3) is 0 Å². The lowest BCUT2D eigenvalue weighted by Crippen LogP contribution is -1.95. The molecular formula is C31H27N3O3. The van der Waals surface area contributed by atoms with Gasteiger partial charge in [0.1, 0.15) is 11.4 Å². The first-order valence-electron chi connectivity index (χ1n) is 11.9. The molecule has 184 valence electrons. The van der Waals surface area contributed by atoms with E-state index in [0.717, 1.165) is 33.3 Å². The van der Waals surface area contributed by atoms with Gasteiger partial charge >= 0.3 is 0 Å². The van der Waals surface area contributed by atoms with Crippen LogP contribution in [0.1, 0.15) is 22.3 Å². The van der Waals surface area contributed by atoms with Crippen LogP contribution in [0.25, 0.3) is 33.5 Å². The Bertz CT molecular complexity index is 1690. The van der Waals surface area contributed by atoms with Crippen molar-refractivity contribution in [2.45, 2.75) is 20.8 Å². The Morgan fingerprint density at radius 2 is 1.51 bits per heavy atom. The first kappa shape index (κ1) is 23.9. The van der Waals surface area contributed by atoms with Gasteiger partial charge in [-0.3, -0.25) is 4.57 Å². The topological polar surface area (TPSA) is 90.3 Å². The monoisotopic (exact) mass is 489 g/mol. The zero-order valence-electron chi connectivity index (χ0n) is 20.9. The van der Waals surface area contributed by atoms with Crippen LogP contribution in [0.5, 0.6) is 11.6 Å². The smallest absolute Gasteiger partial charge is 0.225 e. The van der Waals surface area contributed by atoms with Gasteiger partial charge < -0.3 is 15.3 Å². The summed E-state index contributed by atoms with van der Waals surface area (Å²) >= 11 is 0. The predicted molar refractivity (Wildman–Crippen MR) is 149 cm³/mol. The van der Waals surface area contributed by atoms with Gasteiger partial charge in [0.2, 0.25) is 5.88 Å². The number of nitrogens with zero attached hydrogens (tertiary/aromatic N) is 3. The molecule has 0 amide bonds. The van der Waals surface area contributed by atoms with E-state index in [9.17, 15) is 15.3 Å². The Labute approximate surface area is 215 Å². The summed E-state index contributed by atoms with van der Waals surface area (Å²) in [5.74, 6) is -0.137. The second-order valence-electron chi connectivity index (χ2n) is 9.27. The summed E-state index contributed by atoms with van der Waals surface area (Å²) in [6, 6.07) is 24.3. The molecule has 0 saturated carbocycles. The minimum absolute atomic E-state index is 0.0286. The van der Waals surface area contributed by atoms with E-state index in [1.807, 2.05) is 57.2 Å². The molecule has 0 radical (unpaired) electrons. The quantitative estimate of drug-likeness (QED) is 0.171. The molecule has 0 spiro atoms. The number of aliphatic hydroxyl groups is 1. The minimum Gasteiger partial charge on any atom is -0.508 e. The number of para-hydroxylation sites is 1. The normalized spacial score (nSPS) is 11.4. The standard InChI is InChI=1S/C31H27N3O3/c1-18-11-12-26-28(16-18)34(24-14-19(2)13-20(3)15-24)31(37)29(26)33-32-27-10-6-9-25(30(27)36)23-8-5-7-22(17-23)21(4)35/h5-17,35-37H,4H2,1-3H3. The molecule has 0 atom stereocenters. The fourth-order valence-corrected chi connectivity index (χ4v) is 4.62. The number of phenols is 1. The van der Waals surface area contributed by atoms with Crippen molar-refractivity contribution in [3.8, 4) is 28.4 Å². The molecular weight excluding hydrogens is 462 g/mol. The summed E-state index contributed by atoms with van der Waals surface area (Å²) < 4.78 is 1.78. The summed E-state index contributed by atoms with van der Waals surface area (Å²) in [7, 11) is 0. The summed E-state index contributed by atoms with van der Waals surface area (Å²) in [6.45, 7) is 9.61. The molecule has 4 aromatic carbocycles. The van der Waals surface area contributed by atoms with Gasteiger partial charge in [-0.2, -0.15) is 0 Å². The van der Waals surface area contributed by atoms with Crippen molar-refractivity contribution in [2.24, 2.45) is 10.2 Å². The van der Waals surface area contributed by atoms with E-state index in [1.165, 1.54) is 0 Å². The van der Waals surface area contributed by atoms with Gasteiger partial charge in [-0.1, -0.05) is 55.1 Å². The van der Waals surface area contributed by atoms with Crippen molar-refractivity contribution in [3.05, 3.63) is 108 Å². The van der Waals surface area contributed by atoms with Crippen molar-refractivity contribution in [2.75, 3.05) is 0 Å². The van der Waals surface area contributed by atoms with Crippen LogP contribution in [-0.4, -0.2) is 19.9 Å². The van der Waals surface area contributed by atoms with Crippen molar-refractivity contribution < 1.29 is 15.3 Å². The largest absolute Gasteiger partial charge is 0.508 e. The Kier molecular flexibility index (Phi) is 6.01. The summed E-state index contributed by atoms with van der Waals surface area (Å²) in [5.41, 5.74) is 7.25. The first-order valence-corrected chi connectivity index (χ1v) is 11.9. The molecule has 0 fully saturated rings. The van der Waals surface area contributed by atoms with Crippen LogP contribution in [-0.2, 0) is 0 Å². The number of hydrogen-bond acceptors (Lipinski definition) is 5. The highest BCUT2D eigenvalue weighted by molar-refractivity contribution is 5.97. The Morgan fingerprint density at radius 1 is 0.784 bits per heavy atom. The van der Waals surface area contributed by atoms with Crippen molar-refractivity contribution in [1.82, 2.24) is 4.57 Å². The molecule has 3 N–H and O–H groups in total. The summed E-state index contributed by atoms with van der Waals surface area (Å²) in [5, 5.41) is 41.6. The van der Waals surface area contributed by atoms with Gasteiger partial charge in [-0.15, -0.1) is 10.2 Å². The van der Waals surface area contributed by atoms with E-state index in [2.05, 4.69) is 22.9 Å². The molecule has 1 aromatic heterocycles. The average Bonchev–Trinajstić information content (AvgIpc) is 3.13. The second-order valence-corrected chi connectivity index (χ2v) is 9.27. The molecule has 1 heterocycles. The zero-order chi connectivity index (χ0) is 26.3. The fourth-order valence-electron chi connectivity index (χ4n) is 4.62. The van der Waals surface area contributed by atoms with Crippen molar-refractivity contribution >= 4 is 28.0 Å². The highest BCUT2D eigenvalue weighted by Crippen LogP contribution is 2.44. The zero-order valence-corrected chi connectivity index (χ0v) is 20.9. The number of rotatable bonds is 5. The van der Waals surface area contributed by atoms with Crippen LogP contribution in [0.3, 0.4) is 0 Å². The molecule has 0 aliphatic heterocycles. The third-order valence-electron chi connectivity index (χ3n) is 6.32. The van der Waals surface area contributed by atoms with Gasteiger partial charge in [0.15, 0.2) is 11.4 Å². The molecule has 6 nitrogen and oxygen atoms in total. The van der Waals surface area contributed by atoms with Crippen molar-refractivity contribution in [1.29, 1.82) is 0 Å². The summed E-state index contributed by atoms with van der Waals surface area (Å²) in [4.78, 5) is 0. The number of aryl methyl sites for hydroxylation is 3. The number of hydrogen-bond donors (Lipinski definition) is 3. The predicted octanol–water partition coefficient (Wildman–Crippen LogP) is 8.58. The third-order valence-corrected chi connectivity index (χ3v) is 6.32. The Balaban J connectivity index is 1.63. The highest BCUT2D eigenvalue weighted by atomic mass is 16.3. The molecule has 0 aliphatic rings. The Morgan fingerprint density at radius 3 is 2.24 bits per heavy atom. The van der Waals surface area contributed by atoms with Crippen LogP contribution >= 0.6 is 0 Å². The maximum absolute atomic E-state index is 11.3. The second kappa shape index (κ2) is 9.32. The number of aromatic hydroxyl groups is 2. The number of aromatic nitrogens is 1. The molecule has 0 bridgehead atoms. The fraction of sp³-hybridized carbons (Fsp3) is 0.0968. The van der Waals surface area contributed by atoms with Crippen LogP contribution in [0.2, 0.25) is 0 Å². The van der Waals surface area contributed by atoms with Crippen LogP contribution < -0.4 is 0 Å². The van der Waals surface area contributed by atoms with Crippen LogP contribution in [0.15, 0.2) is 95.7 Å². The van der Waals surface area contributed by atoms with Crippen LogP contribution in [0, 0.1) is 20.8 Å². The van der Waals surface area contributed by atoms with E-state index >= 15 is 0 Å². The molecule has 0 aliphatic carbocycles. The first-order chi connectivity index (χ1) is 17.7. The maximum Gasteiger partial charge on any atom is 0.225 e. The lowest BCUT2D eigenvalue weighted by molar-refractivity contribution is 0.446. The minimum atomic E-state index is -0.0552. The highest BCUT2D eigenvalue weighted by Gasteiger charge is 2.19. The number of azo groups is 1. The number of aliphatic hydroxyl groups excluding tert-OH is 1. The molecule has 5 aromatic rings. The van der Waals surface area contributed by atoms with E-state index in [1.54, 1.807) is 41.0 Å². The van der Waals surface area contributed by atoms with E-state index in [-0.39, 0.29) is 23.1 Å². The molecule has 6 heteroatoms. The SMILES string of the molecule is C=C(O)c1cccc(-c2cccc(N=Nc3c(O)n(-c4cc(C)cc(C)c4)c4cc(C)ccc34)c2O)c1. The number of phenolic OH excluding ortho intramolecular Hbond substituents is 1. The molecule has 37 heavy (non-hydrogen) atoms.